The van der Waals surface area contributed by atoms with E-state index < -0.39 is 5.82 Å². The van der Waals surface area contributed by atoms with Gasteiger partial charge in [-0.05, 0) is 72.1 Å². The molecule has 20 heavy (non-hydrogen) atoms. The van der Waals surface area contributed by atoms with Crippen molar-refractivity contribution in [2.45, 2.75) is 0 Å². The second-order valence-corrected chi connectivity index (χ2v) is 6.82. The zero-order valence-corrected chi connectivity index (χ0v) is 15.5. The molecule has 3 N–H and O–H groups in total. The van der Waals surface area contributed by atoms with E-state index in [-0.39, 0.29) is 9.46 Å². The van der Waals surface area contributed by atoms with Crippen LogP contribution in [-0.4, -0.2) is 4.99 Å². The van der Waals surface area contributed by atoms with Crippen LogP contribution < -0.4 is 11.1 Å². The van der Waals surface area contributed by atoms with Crippen LogP contribution in [0.3, 0.4) is 0 Å². The van der Waals surface area contributed by atoms with Crippen molar-refractivity contribution < 1.29 is 4.39 Å². The SMILES string of the molecule is NC(=S)c1ccc(Nc2c(Br)cccc2Br)c(F)c1Br. The predicted molar refractivity (Wildman–Crippen MR) is 95.1 cm³/mol. The van der Waals surface area contributed by atoms with Gasteiger partial charge in [-0.2, -0.15) is 0 Å². The minimum atomic E-state index is -0.446. The Balaban J connectivity index is 2.45. The number of halogens is 4. The number of benzene rings is 2. The van der Waals surface area contributed by atoms with Gasteiger partial charge in [0.25, 0.3) is 0 Å². The largest absolute Gasteiger partial charge is 0.389 e. The van der Waals surface area contributed by atoms with Crippen molar-refractivity contribution in [2.24, 2.45) is 5.73 Å². The first-order valence-electron chi connectivity index (χ1n) is 5.40. The number of rotatable bonds is 3. The van der Waals surface area contributed by atoms with E-state index in [0.29, 0.717) is 11.3 Å². The fraction of sp³-hybridized carbons (Fsp3) is 0. The third kappa shape index (κ3) is 3.21. The molecule has 0 radical (unpaired) electrons. The van der Waals surface area contributed by atoms with Crippen molar-refractivity contribution in [3.05, 3.63) is 55.1 Å². The van der Waals surface area contributed by atoms with Gasteiger partial charge in [-0.3, -0.25) is 0 Å². The number of anilines is 2. The lowest BCUT2D eigenvalue weighted by Crippen LogP contribution is -2.11. The summed E-state index contributed by atoms with van der Waals surface area (Å²) in [6.45, 7) is 0. The molecule has 7 heteroatoms. The van der Waals surface area contributed by atoms with E-state index in [1.165, 1.54) is 0 Å². The summed E-state index contributed by atoms with van der Waals surface area (Å²) in [4.78, 5) is 0.143. The van der Waals surface area contributed by atoms with E-state index in [1.54, 1.807) is 12.1 Å². The number of thiocarbonyl (C=S) groups is 1. The summed E-state index contributed by atoms with van der Waals surface area (Å²) in [5, 5.41) is 3.03. The third-order valence-corrected chi connectivity index (χ3v) is 4.89. The quantitative estimate of drug-likeness (QED) is 0.568. The average Bonchev–Trinajstić information content (AvgIpc) is 2.38. The van der Waals surface area contributed by atoms with Crippen molar-refractivity contribution in [1.82, 2.24) is 0 Å². The molecule has 0 aliphatic carbocycles. The maximum atomic E-state index is 14.3. The molecule has 0 aromatic heterocycles. The lowest BCUT2D eigenvalue weighted by molar-refractivity contribution is 0.625. The molecule has 0 atom stereocenters. The summed E-state index contributed by atoms with van der Waals surface area (Å²) in [5.41, 5.74) is 7.06. The Morgan fingerprint density at radius 2 is 1.70 bits per heavy atom. The topological polar surface area (TPSA) is 38.0 Å². The van der Waals surface area contributed by atoms with Gasteiger partial charge in [0.2, 0.25) is 0 Å². The minimum absolute atomic E-state index is 0.143. The van der Waals surface area contributed by atoms with Gasteiger partial charge in [-0.25, -0.2) is 4.39 Å². The zero-order valence-electron chi connectivity index (χ0n) is 9.88. The van der Waals surface area contributed by atoms with Crippen LogP contribution >= 0.6 is 60.0 Å². The molecule has 0 saturated heterocycles. The molecule has 0 bridgehead atoms. The van der Waals surface area contributed by atoms with Gasteiger partial charge in [-0.1, -0.05) is 18.3 Å². The van der Waals surface area contributed by atoms with Gasteiger partial charge in [0.1, 0.15) is 4.99 Å². The van der Waals surface area contributed by atoms with E-state index >= 15 is 0 Å². The number of nitrogens with one attached hydrogen (secondary N) is 1. The fourth-order valence-electron chi connectivity index (χ4n) is 1.59. The van der Waals surface area contributed by atoms with Gasteiger partial charge in [0.15, 0.2) is 5.82 Å². The monoisotopic (exact) mass is 480 g/mol. The van der Waals surface area contributed by atoms with Crippen molar-refractivity contribution in [2.75, 3.05) is 5.32 Å². The van der Waals surface area contributed by atoms with Gasteiger partial charge in [0.05, 0.1) is 15.8 Å². The van der Waals surface area contributed by atoms with Crippen LogP contribution in [0.15, 0.2) is 43.7 Å². The Hall–Kier alpha value is -0.500. The maximum Gasteiger partial charge on any atom is 0.161 e. The molecule has 2 nitrogen and oxygen atoms in total. The summed E-state index contributed by atoms with van der Waals surface area (Å²) < 4.78 is 16.2. The molecule has 104 valence electrons. The summed E-state index contributed by atoms with van der Waals surface area (Å²) >= 11 is 14.9. The van der Waals surface area contributed by atoms with Crippen molar-refractivity contribution in [3.63, 3.8) is 0 Å². The second kappa shape index (κ2) is 6.51. The van der Waals surface area contributed by atoms with Crippen LogP contribution in [-0.2, 0) is 0 Å². The highest BCUT2D eigenvalue weighted by molar-refractivity contribution is 9.11. The highest BCUT2D eigenvalue weighted by atomic mass is 79.9. The van der Waals surface area contributed by atoms with E-state index in [4.69, 9.17) is 18.0 Å². The molecule has 0 unspecified atom stereocenters. The van der Waals surface area contributed by atoms with Crippen LogP contribution in [0.4, 0.5) is 15.8 Å². The molecule has 2 aromatic rings. The zero-order chi connectivity index (χ0) is 14.9. The van der Waals surface area contributed by atoms with Crippen LogP contribution in [0.2, 0.25) is 0 Å². The molecule has 0 fully saturated rings. The molecule has 2 rings (SSSR count). The Bertz CT molecular complexity index is 671. The smallest absolute Gasteiger partial charge is 0.161 e. The lowest BCUT2D eigenvalue weighted by Gasteiger charge is -2.13. The standard InChI is InChI=1S/C13H8Br3FN2S/c14-7-2-1-3-8(15)12(7)19-9-5-4-6(13(18)20)10(16)11(9)17/h1-5,19H,(H2,18,20). The van der Waals surface area contributed by atoms with Crippen LogP contribution in [0.25, 0.3) is 0 Å². The van der Waals surface area contributed by atoms with Gasteiger partial charge in [-0.15, -0.1) is 0 Å². The molecule has 0 amide bonds. The molecule has 2 aromatic carbocycles. The van der Waals surface area contributed by atoms with Crippen LogP contribution in [0.5, 0.6) is 0 Å². The maximum absolute atomic E-state index is 14.3. The van der Waals surface area contributed by atoms with Crippen LogP contribution in [0.1, 0.15) is 5.56 Å². The normalized spacial score (nSPS) is 10.4. The van der Waals surface area contributed by atoms with Gasteiger partial charge in [0, 0.05) is 14.5 Å². The Kier molecular flexibility index (Phi) is 5.17. The summed E-state index contributed by atoms with van der Waals surface area (Å²) in [5.74, 6) is -0.446. The highest BCUT2D eigenvalue weighted by Gasteiger charge is 2.14. The minimum Gasteiger partial charge on any atom is -0.389 e. The first-order chi connectivity index (χ1) is 9.41. The van der Waals surface area contributed by atoms with E-state index in [0.717, 1.165) is 14.6 Å². The van der Waals surface area contributed by atoms with Crippen molar-refractivity contribution in [1.29, 1.82) is 0 Å². The third-order valence-electron chi connectivity index (χ3n) is 2.57. The van der Waals surface area contributed by atoms with E-state index in [1.807, 2.05) is 18.2 Å². The summed E-state index contributed by atoms with van der Waals surface area (Å²) in [6.07, 6.45) is 0. The highest BCUT2D eigenvalue weighted by Crippen LogP contribution is 2.35. The second-order valence-electron chi connectivity index (χ2n) is 3.87. The number of para-hydroxylation sites is 1. The van der Waals surface area contributed by atoms with Crippen LogP contribution in [0, 0.1) is 5.82 Å². The Morgan fingerprint density at radius 3 is 2.25 bits per heavy atom. The number of hydrogen-bond acceptors (Lipinski definition) is 2. The lowest BCUT2D eigenvalue weighted by atomic mass is 10.2. The molecule has 0 saturated carbocycles. The van der Waals surface area contributed by atoms with Crippen molar-refractivity contribution >= 4 is 76.4 Å². The summed E-state index contributed by atoms with van der Waals surface area (Å²) in [6, 6.07) is 8.87. The Morgan fingerprint density at radius 1 is 1.10 bits per heavy atom. The predicted octanol–water partition coefficient (Wildman–Crippen LogP) is 5.49. The number of nitrogens with two attached hydrogens (primary N) is 1. The molecular formula is C13H8Br3FN2S. The first-order valence-corrected chi connectivity index (χ1v) is 8.19. The summed E-state index contributed by atoms with van der Waals surface area (Å²) in [7, 11) is 0. The van der Waals surface area contributed by atoms with E-state index in [2.05, 4.69) is 53.1 Å². The number of hydrogen-bond donors (Lipinski definition) is 2. The van der Waals surface area contributed by atoms with Gasteiger partial charge < -0.3 is 11.1 Å². The molecule has 0 aliphatic rings. The molecule has 0 heterocycles. The average molecular weight is 483 g/mol. The fourth-order valence-corrected chi connectivity index (χ4v) is 3.65. The van der Waals surface area contributed by atoms with E-state index in [9.17, 15) is 4.39 Å². The first kappa shape index (κ1) is 15.9. The van der Waals surface area contributed by atoms with Crippen molar-refractivity contribution in [3.8, 4) is 0 Å². The Labute approximate surface area is 146 Å². The molecule has 0 spiro atoms. The molecular weight excluding hydrogens is 475 g/mol. The molecule has 0 aliphatic heterocycles. The van der Waals surface area contributed by atoms with Gasteiger partial charge >= 0.3 is 0 Å².